The molecule has 0 aromatic heterocycles. The molecule has 0 bridgehead atoms. The number of benzene rings is 1. The van der Waals surface area contributed by atoms with Gasteiger partial charge in [0, 0.05) is 35.8 Å². The first-order valence-corrected chi connectivity index (χ1v) is 8.89. The van der Waals surface area contributed by atoms with Crippen molar-refractivity contribution >= 4 is 17.5 Å². The number of nitrogens with zero attached hydrogens (tertiary/aromatic N) is 1. The van der Waals surface area contributed by atoms with Crippen LogP contribution in [0.15, 0.2) is 24.3 Å². The topological polar surface area (TPSA) is 54.5 Å². The highest BCUT2D eigenvalue weighted by molar-refractivity contribution is 6.00. The monoisotopic (exact) mass is 343 g/mol. The molecule has 0 saturated heterocycles. The molecule has 1 aromatic carbocycles. The summed E-state index contributed by atoms with van der Waals surface area (Å²) in [5, 5.41) is 0. The van der Waals surface area contributed by atoms with Crippen LogP contribution in [-0.4, -0.2) is 28.9 Å². The van der Waals surface area contributed by atoms with Crippen molar-refractivity contribution in [2.45, 2.75) is 60.4 Å². The smallest absolute Gasteiger partial charge is 0.254 e. The zero-order chi connectivity index (χ0) is 19.0. The number of ketones is 2. The van der Waals surface area contributed by atoms with Gasteiger partial charge in [0.1, 0.15) is 11.6 Å². The predicted molar refractivity (Wildman–Crippen MR) is 98.4 cm³/mol. The van der Waals surface area contributed by atoms with Gasteiger partial charge in [0.15, 0.2) is 0 Å². The number of carbonyl (C=O) groups is 3. The third-order valence-corrected chi connectivity index (χ3v) is 4.82. The van der Waals surface area contributed by atoms with Crippen molar-refractivity contribution in [2.24, 2.45) is 10.8 Å². The van der Waals surface area contributed by atoms with Crippen LogP contribution in [0.25, 0.3) is 0 Å². The third-order valence-electron chi connectivity index (χ3n) is 4.82. The maximum atomic E-state index is 12.8. The normalized spacial score (nSPS) is 17.6. The van der Waals surface area contributed by atoms with Crippen molar-refractivity contribution in [1.29, 1.82) is 0 Å². The number of Topliss-reactive ketones (excluding diaryl/α,β-unsaturated/α-hetero) is 2. The van der Waals surface area contributed by atoms with Crippen molar-refractivity contribution in [1.82, 2.24) is 4.90 Å². The Morgan fingerprint density at radius 2 is 1.52 bits per heavy atom. The van der Waals surface area contributed by atoms with Crippen molar-refractivity contribution < 1.29 is 14.4 Å². The Bertz CT molecular complexity index is 692. The number of rotatable bonds is 5. The van der Waals surface area contributed by atoms with Gasteiger partial charge in [-0.3, -0.25) is 14.4 Å². The van der Waals surface area contributed by atoms with Crippen LogP contribution in [0.5, 0.6) is 0 Å². The first-order chi connectivity index (χ1) is 11.4. The Morgan fingerprint density at radius 3 is 2.08 bits per heavy atom. The molecular weight excluding hydrogens is 314 g/mol. The average molecular weight is 343 g/mol. The van der Waals surface area contributed by atoms with Gasteiger partial charge in [0.05, 0.1) is 6.04 Å². The lowest BCUT2D eigenvalue weighted by Gasteiger charge is -2.28. The minimum absolute atomic E-state index is 0.0796. The Hall–Kier alpha value is -1.97. The fraction of sp³-hybridized carbons (Fsp3) is 0.571. The molecule has 1 unspecified atom stereocenters. The molecule has 0 N–H and O–H groups in total. The van der Waals surface area contributed by atoms with Crippen molar-refractivity contribution in [3.05, 3.63) is 35.4 Å². The summed E-state index contributed by atoms with van der Waals surface area (Å²) in [6.45, 7) is 11.7. The van der Waals surface area contributed by atoms with Gasteiger partial charge in [-0.15, -0.1) is 0 Å². The number of carbonyl (C=O) groups excluding carboxylic acids is 3. The molecule has 1 aromatic rings. The Kier molecular flexibility index (Phi) is 5.22. The first kappa shape index (κ1) is 19.4. The lowest BCUT2D eigenvalue weighted by Crippen LogP contribution is -2.35. The highest BCUT2D eigenvalue weighted by Crippen LogP contribution is 2.38. The van der Waals surface area contributed by atoms with Crippen LogP contribution in [0.2, 0.25) is 0 Å². The molecular formula is C21H29NO3. The molecule has 1 amide bonds. The molecule has 0 radical (unpaired) electrons. The van der Waals surface area contributed by atoms with E-state index in [0.29, 0.717) is 18.5 Å². The molecule has 4 heteroatoms. The standard InChI is InChI=1S/C21H29NO3/c1-20(2,3)17(23)11-12-22-16(13-18(24)21(4,5)6)14-9-7-8-10-15(14)19(22)25/h7-10,16H,11-13H2,1-6H3. The van der Waals surface area contributed by atoms with Crippen molar-refractivity contribution in [3.8, 4) is 0 Å². The summed E-state index contributed by atoms with van der Waals surface area (Å²) in [6, 6.07) is 7.17. The largest absolute Gasteiger partial charge is 0.331 e. The molecule has 0 spiro atoms. The molecule has 1 aliphatic rings. The summed E-state index contributed by atoms with van der Waals surface area (Å²) in [5.41, 5.74) is 0.672. The zero-order valence-corrected chi connectivity index (χ0v) is 16.2. The molecule has 1 aliphatic heterocycles. The van der Waals surface area contributed by atoms with Crippen molar-refractivity contribution in [3.63, 3.8) is 0 Å². The first-order valence-electron chi connectivity index (χ1n) is 8.89. The molecule has 1 atom stereocenters. The van der Waals surface area contributed by atoms with Crippen LogP contribution in [-0.2, 0) is 9.59 Å². The van der Waals surface area contributed by atoms with E-state index < -0.39 is 10.8 Å². The third kappa shape index (κ3) is 4.17. The van der Waals surface area contributed by atoms with E-state index in [0.717, 1.165) is 5.56 Å². The van der Waals surface area contributed by atoms with Gasteiger partial charge in [-0.05, 0) is 11.6 Å². The lowest BCUT2D eigenvalue weighted by atomic mass is 9.85. The number of hydrogen-bond acceptors (Lipinski definition) is 3. The van der Waals surface area contributed by atoms with Crippen LogP contribution in [0.1, 0.15) is 76.3 Å². The predicted octanol–water partition coefficient (Wildman–Crippen LogP) is 4.19. The number of fused-ring (bicyclic) bond motifs is 1. The summed E-state index contributed by atoms with van der Waals surface area (Å²) in [7, 11) is 0. The molecule has 136 valence electrons. The molecule has 4 nitrogen and oxygen atoms in total. The molecule has 25 heavy (non-hydrogen) atoms. The summed E-state index contributed by atoms with van der Waals surface area (Å²) >= 11 is 0. The van der Waals surface area contributed by atoms with E-state index in [2.05, 4.69) is 0 Å². The van der Waals surface area contributed by atoms with E-state index in [1.54, 1.807) is 11.0 Å². The fourth-order valence-corrected chi connectivity index (χ4v) is 3.00. The maximum Gasteiger partial charge on any atom is 0.254 e. The Morgan fingerprint density at radius 1 is 0.960 bits per heavy atom. The summed E-state index contributed by atoms with van der Waals surface area (Å²) < 4.78 is 0. The van der Waals surface area contributed by atoms with Crippen LogP contribution >= 0.6 is 0 Å². The minimum atomic E-state index is -0.451. The number of hydrogen-bond donors (Lipinski definition) is 0. The Labute approximate surface area is 150 Å². The average Bonchev–Trinajstić information content (AvgIpc) is 2.76. The van der Waals surface area contributed by atoms with E-state index in [9.17, 15) is 14.4 Å². The fourth-order valence-electron chi connectivity index (χ4n) is 3.00. The van der Waals surface area contributed by atoms with Gasteiger partial charge in [-0.1, -0.05) is 59.7 Å². The maximum absolute atomic E-state index is 12.8. The Balaban J connectivity index is 2.26. The summed E-state index contributed by atoms with van der Waals surface area (Å²) in [6.07, 6.45) is 0.597. The van der Waals surface area contributed by atoms with Gasteiger partial charge in [0.25, 0.3) is 5.91 Å². The van der Waals surface area contributed by atoms with Gasteiger partial charge in [-0.2, -0.15) is 0 Å². The van der Waals surface area contributed by atoms with Crippen LogP contribution < -0.4 is 0 Å². The van der Waals surface area contributed by atoms with Gasteiger partial charge in [-0.25, -0.2) is 0 Å². The van der Waals surface area contributed by atoms with E-state index >= 15 is 0 Å². The molecule has 2 rings (SSSR count). The lowest BCUT2D eigenvalue weighted by molar-refractivity contribution is -0.127. The van der Waals surface area contributed by atoms with Gasteiger partial charge in [0.2, 0.25) is 0 Å². The van der Waals surface area contributed by atoms with Crippen LogP contribution in [0.4, 0.5) is 0 Å². The second-order valence-corrected chi connectivity index (χ2v) is 8.90. The molecule has 0 aliphatic carbocycles. The quantitative estimate of drug-likeness (QED) is 0.805. The van der Waals surface area contributed by atoms with Gasteiger partial charge >= 0.3 is 0 Å². The second kappa shape index (κ2) is 6.74. The highest BCUT2D eigenvalue weighted by Gasteiger charge is 2.39. The minimum Gasteiger partial charge on any atom is -0.331 e. The van der Waals surface area contributed by atoms with Gasteiger partial charge < -0.3 is 4.90 Å². The number of amides is 1. The van der Waals surface area contributed by atoms with E-state index in [1.165, 1.54) is 0 Å². The SMILES string of the molecule is CC(C)(C)C(=O)CCN1C(=O)c2ccccc2C1CC(=O)C(C)(C)C. The zero-order valence-electron chi connectivity index (χ0n) is 16.2. The highest BCUT2D eigenvalue weighted by atomic mass is 16.2. The molecule has 0 fully saturated rings. The molecule has 0 saturated carbocycles. The van der Waals surface area contributed by atoms with Crippen LogP contribution in [0.3, 0.4) is 0 Å². The van der Waals surface area contributed by atoms with Crippen molar-refractivity contribution in [2.75, 3.05) is 6.54 Å². The summed E-state index contributed by atoms with van der Waals surface area (Å²) in [4.78, 5) is 39.4. The van der Waals surface area contributed by atoms with E-state index in [4.69, 9.17) is 0 Å². The second-order valence-electron chi connectivity index (χ2n) is 8.90. The van der Waals surface area contributed by atoms with E-state index in [1.807, 2.05) is 59.7 Å². The molecule has 1 heterocycles. The summed E-state index contributed by atoms with van der Waals surface area (Å²) in [5.74, 6) is 0.162. The van der Waals surface area contributed by atoms with E-state index in [-0.39, 0.29) is 29.9 Å². The van der Waals surface area contributed by atoms with Crippen LogP contribution in [0, 0.1) is 10.8 Å².